The molecule has 1 N–H and O–H groups in total. The normalized spacial score (nSPS) is 11.7. The van der Waals surface area contributed by atoms with Gasteiger partial charge in [0.25, 0.3) is 5.91 Å². The van der Waals surface area contributed by atoms with Gasteiger partial charge in [-0.1, -0.05) is 54.1 Å². The van der Waals surface area contributed by atoms with Gasteiger partial charge in [-0.15, -0.1) is 0 Å². The number of aromatic nitrogens is 2. The van der Waals surface area contributed by atoms with E-state index in [1.807, 2.05) is 42.5 Å². The Morgan fingerprint density at radius 3 is 2.57 bits per heavy atom. The van der Waals surface area contributed by atoms with Crippen LogP contribution in [0.1, 0.15) is 16.1 Å². The number of carbonyl (C=O) groups excluding carboxylic acids is 2. The number of aryl methyl sites for hydroxylation is 1. The first-order valence-electron chi connectivity index (χ1n) is 8.70. The number of rotatable bonds is 6. The molecule has 1 heterocycles. The quantitative estimate of drug-likeness (QED) is 0.648. The highest BCUT2D eigenvalue weighted by Crippen LogP contribution is 2.22. The third kappa shape index (κ3) is 4.58. The predicted octanol–water partition coefficient (Wildman–Crippen LogP) is 3.25. The molecule has 144 valence electrons. The summed E-state index contributed by atoms with van der Waals surface area (Å²) in [5.74, 6) is -0.913. The smallest absolute Gasteiger partial charge is 0.328 e. The molecule has 28 heavy (non-hydrogen) atoms. The van der Waals surface area contributed by atoms with E-state index in [9.17, 15) is 9.59 Å². The lowest BCUT2D eigenvalue weighted by Crippen LogP contribution is -2.43. The van der Waals surface area contributed by atoms with Gasteiger partial charge in [-0.25, -0.2) is 4.79 Å². The minimum Gasteiger partial charge on any atom is -0.467 e. The SMILES string of the molecule is COC(=O)C(Cc1ccccc1)NC(=O)c1cc(-c2cccc(Cl)c2)nn1C. The van der Waals surface area contributed by atoms with Crippen molar-refractivity contribution in [3.63, 3.8) is 0 Å². The topological polar surface area (TPSA) is 73.2 Å². The van der Waals surface area contributed by atoms with Crippen molar-refractivity contribution in [1.29, 1.82) is 0 Å². The van der Waals surface area contributed by atoms with Crippen molar-refractivity contribution >= 4 is 23.5 Å². The van der Waals surface area contributed by atoms with E-state index in [0.29, 0.717) is 22.8 Å². The average molecular weight is 398 g/mol. The van der Waals surface area contributed by atoms with Crippen molar-refractivity contribution in [3.05, 3.63) is 76.9 Å². The van der Waals surface area contributed by atoms with E-state index in [1.54, 1.807) is 25.2 Å². The van der Waals surface area contributed by atoms with E-state index >= 15 is 0 Å². The molecule has 1 aromatic heterocycles. The molecule has 1 amide bonds. The van der Waals surface area contributed by atoms with E-state index in [-0.39, 0.29) is 0 Å². The molecule has 0 aliphatic carbocycles. The van der Waals surface area contributed by atoms with Crippen LogP contribution in [0, 0.1) is 0 Å². The molecule has 0 saturated heterocycles. The highest BCUT2D eigenvalue weighted by molar-refractivity contribution is 6.30. The maximum absolute atomic E-state index is 12.8. The van der Waals surface area contributed by atoms with Crippen molar-refractivity contribution in [1.82, 2.24) is 15.1 Å². The molecule has 0 bridgehead atoms. The Labute approximate surface area is 168 Å². The van der Waals surface area contributed by atoms with Crippen LogP contribution in [-0.4, -0.2) is 34.8 Å². The zero-order valence-corrected chi connectivity index (χ0v) is 16.3. The second-order valence-electron chi connectivity index (χ2n) is 6.29. The fourth-order valence-corrected chi connectivity index (χ4v) is 3.08. The Morgan fingerprint density at radius 1 is 1.14 bits per heavy atom. The molecule has 0 saturated carbocycles. The first kappa shape index (κ1) is 19.6. The summed E-state index contributed by atoms with van der Waals surface area (Å²) in [5.41, 5.74) is 2.67. The molecule has 0 aliphatic heterocycles. The van der Waals surface area contributed by atoms with Crippen molar-refractivity contribution in [2.75, 3.05) is 7.11 Å². The van der Waals surface area contributed by atoms with Crippen molar-refractivity contribution < 1.29 is 14.3 Å². The van der Waals surface area contributed by atoms with Gasteiger partial charge >= 0.3 is 5.97 Å². The van der Waals surface area contributed by atoms with Crippen LogP contribution in [0.2, 0.25) is 5.02 Å². The van der Waals surface area contributed by atoms with Crippen molar-refractivity contribution in [2.45, 2.75) is 12.5 Å². The summed E-state index contributed by atoms with van der Waals surface area (Å²) < 4.78 is 6.32. The molecule has 0 aliphatic rings. The fourth-order valence-electron chi connectivity index (χ4n) is 2.89. The monoisotopic (exact) mass is 397 g/mol. The molecule has 0 spiro atoms. The highest BCUT2D eigenvalue weighted by Gasteiger charge is 2.24. The number of ether oxygens (including phenoxy) is 1. The maximum Gasteiger partial charge on any atom is 0.328 e. The molecule has 0 fully saturated rings. The van der Waals surface area contributed by atoms with Crippen LogP contribution in [0.15, 0.2) is 60.7 Å². The van der Waals surface area contributed by atoms with Gasteiger partial charge in [0.15, 0.2) is 0 Å². The predicted molar refractivity (Wildman–Crippen MR) is 107 cm³/mol. The minimum absolute atomic E-state index is 0.331. The van der Waals surface area contributed by atoms with Gasteiger partial charge in [0.1, 0.15) is 11.7 Å². The summed E-state index contributed by atoms with van der Waals surface area (Å²) in [6, 6.07) is 17.5. The number of nitrogens with zero attached hydrogens (tertiary/aromatic N) is 2. The minimum atomic E-state index is -0.801. The summed E-state index contributed by atoms with van der Waals surface area (Å²) in [6.07, 6.45) is 0.332. The average Bonchev–Trinajstić information content (AvgIpc) is 3.09. The number of hydrogen-bond acceptors (Lipinski definition) is 4. The van der Waals surface area contributed by atoms with Crippen LogP contribution in [-0.2, 0) is 23.0 Å². The molecule has 6 nitrogen and oxygen atoms in total. The van der Waals surface area contributed by atoms with Gasteiger partial charge in [-0.3, -0.25) is 9.48 Å². The van der Waals surface area contributed by atoms with Gasteiger partial charge in [0, 0.05) is 24.1 Å². The Kier molecular flexibility index (Phi) is 6.11. The van der Waals surface area contributed by atoms with Crippen LogP contribution in [0.4, 0.5) is 0 Å². The van der Waals surface area contributed by atoms with Crippen LogP contribution in [0.3, 0.4) is 0 Å². The number of esters is 1. The Morgan fingerprint density at radius 2 is 1.89 bits per heavy atom. The van der Waals surface area contributed by atoms with Gasteiger partial charge < -0.3 is 10.1 Å². The number of methoxy groups -OCH3 is 1. The number of hydrogen-bond donors (Lipinski definition) is 1. The van der Waals surface area contributed by atoms with Crippen LogP contribution in [0.25, 0.3) is 11.3 Å². The molecule has 1 unspecified atom stereocenters. The number of amides is 1. The third-order valence-electron chi connectivity index (χ3n) is 4.31. The van der Waals surface area contributed by atoms with Gasteiger partial charge in [0.2, 0.25) is 0 Å². The van der Waals surface area contributed by atoms with E-state index in [0.717, 1.165) is 11.1 Å². The second-order valence-corrected chi connectivity index (χ2v) is 6.72. The first-order valence-corrected chi connectivity index (χ1v) is 9.08. The van der Waals surface area contributed by atoms with E-state index in [4.69, 9.17) is 16.3 Å². The molecule has 0 radical (unpaired) electrons. The molecule has 2 aromatic carbocycles. The van der Waals surface area contributed by atoms with Crippen LogP contribution >= 0.6 is 11.6 Å². The summed E-state index contributed by atoms with van der Waals surface area (Å²) in [6.45, 7) is 0. The molecule has 3 aromatic rings. The first-order chi connectivity index (χ1) is 13.5. The summed E-state index contributed by atoms with van der Waals surface area (Å²) in [5, 5.41) is 7.72. The lowest BCUT2D eigenvalue weighted by molar-refractivity contribution is -0.142. The van der Waals surface area contributed by atoms with Crippen LogP contribution < -0.4 is 5.32 Å². The lowest BCUT2D eigenvalue weighted by atomic mass is 10.1. The Hall–Kier alpha value is -3.12. The zero-order valence-electron chi connectivity index (χ0n) is 15.6. The van der Waals surface area contributed by atoms with E-state index in [1.165, 1.54) is 11.8 Å². The largest absolute Gasteiger partial charge is 0.467 e. The number of nitrogens with one attached hydrogen (secondary N) is 1. The maximum atomic E-state index is 12.8. The number of benzene rings is 2. The fraction of sp³-hybridized carbons (Fsp3) is 0.190. The number of halogens is 1. The van der Waals surface area contributed by atoms with Gasteiger partial charge in [-0.05, 0) is 23.8 Å². The van der Waals surface area contributed by atoms with Gasteiger partial charge in [-0.2, -0.15) is 5.10 Å². The Balaban J connectivity index is 1.81. The summed E-state index contributed by atoms with van der Waals surface area (Å²) in [7, 11) is 2.97. The third-order valence-corrected chi connectivity index (χ3v) is 4.54. The standard InChI is InChI=1S/C21H20ClN3O3/c1-25-19(13-17(24-25)15-9-6-10-16(22)12-15)20(26)23-18(21(27)28-2)11-14-7-4-3-5-8-14/h3-10,12-13,18H,11H2,1-2H3,(H,23,26). The molecule has 7 heteroatoms. The van der Waals surface area contributed by atoms with E-state index in [2.05, 4.69) is 10.4 Å². The molecule has 3 rings (SSSR count). The number of carbonyl (C=O) groups is 2. The Bertz CT molecular complexity index is 986. The van der Waals surface area contributed by atoms with Crippen molar-refractivity contribution in [3.8, 4) is 11.3 Å². The zero-order chi connectivity index (χ0) is 20.1. The summed E-state index contributed by atoms with van der Waals surface area (Å²) >= 11 is 6.04. The lowest BCUT2D eigenvalue weighted by Gasteiger charge is -2.16. The van der Waals surface area contributed by atoms with Crippen molar-refractivity contribution in [2.24, 2.45) is 7.05 Å². The molecular weight excluding hydrogens is 378 g/mol. The molecule has 1 atom stereocenters. The molecular formula is C21H20ClN3O3. The second kappa shape index (κ2) is 8.71. The van der Waals surface area contributed by atoms with Crippen LogP contribution in [0.5, 0.6) is 0 Å². The van der Waals surface area contributed by atoms with Gasteiger partial charge in [0.05, 0.1) is 12.8 Å². The summed E-state index contributed by atoms with van der Waals surface area (Å²) in [4.78, 5) is 25.0. The van der Waals surface area contributed by atoms with E-state index < -0.39 is 17.9 Å². The highest BCUT2D eigenvalue weighted by atomic mass is 35.5.